The molecule has 1 spiro atoms. The number of hydrogen-bond acceptors (Lipinski definition) is 4. The molecule has 0 N–H and O–H groups in total. The summed E-state index contributed by atoms with van der Waals surface area (Å²) in [6.07, 6.45) is 6.45. The zero-order chi connectivity index (χ0) is 18.3. The number of likely N-dealkylation sites (tertiary alicyclic amines) is 1. The topological polar surface area (TPSA) is 38.8 Å². The molecule has 5 aliphatic rings. The van der Waals surface area contributed by atoms with E-state index < -0.39 is 0 Å². The van der Waals surface area contributed by atoms with Crippen LogP contribution >= 0.6 is 12.4 Å². The summed E-state index contributed by atoms with van der Waals surface area (Å²) in [4.78, 5) is 16.0. The first-order chi connectivity index (χ1) is 13.2. The largest absolute Gasteiger partial charge is 0.493 e. The molecule has 2 aliphatic heterocycles. The number of carbonyl (C=O) groups is 1. The van der Waals surface area contributed by atoms with Gasteiger partial charge in [0.25, 0.3) is 0 Å². The van der Waals surface area contributed by atoms with Gasteiger partial charge in [-0.05, 0) is 61.6 Å². The molecule has 3 aliphatic carbocycles. The summed E-state index contributed by atoms with van der Waals surface area (Å²) in [5, 5.41) is 0. The minimum absolute atomic E-state index is 0. The van der Waals surface area contributed by atoms with Gasteiger partial charge in [-0.3, -0.25) is 9.69 Å². The first-order valence-corrected chi connectivity index (χ1v) is 10.8. The number of benzene rings is 1. The summed E-state index contributed by atoms with van der Waals surface area (Å²) in [6, 6.07) is 4.86. The number of rotatable bonds is 4. The monoisotopic (exact) mass is 403 g/mol. The van der Waals surface area contributed by atoms with E-state index in [9.17, 15) is 4.79 Å². The summed E-state index contributed by atoms with van der Waals surface area (Å²) in [6.45, 7) is 4.64. The lowest BCUT2D eigenvalue weighted by atomic mass is 9.48. The first kappa shape index (κ1) is 18.7. The molecule has 4 nitrogen and oxygen atoms in total. The van der Waals surface area contributed by atoms with Crippen LogP contribution in [0.3, 0.4) is 0 Å². The van der Waals surface area contributed by atoms with Crippen molar-refractivity contribution in [3.63, 3.8) is 0 Å². The number of methoxy groups -OCH3 is 1. The van der Waals surface area contributed by atoms with Crippen LogP contribution in [0.15, 0.2) is 12.1 Å². The second-order valence-electron chi connectivity index (χ2n) is 9.49. The standard InChI is InChI=1S/C23H29NO3.ClH/c1-3-14-11-17(25)22-23-8-9-24(12-13-4-5-13)16(19(14)23)10-15-6-7-18(26-2)21(27-22)20(15)23;/h6-7,13-14,16,19,22H,3-5,8-12H2,1-2H3;1H/t14?,16-,19+,22?,23+;/m1./s1. The molecule has 3 fully saturated rings. The Kier molecular flexibility index (Phi) is 4.26. The van der Waals surface area contributed by atoms with Crippen molar-refractivity contribution in [2.75, 3.05) is 20.2 Å². The van der Waals surface area contributed by atoms with Gasteiger partial charge in [-0.25, -0.2) is 0 Å². The fourth-order valence-corrected chi connectivity index (χ4v) is 7.06. The lowest BCUT2D eigenvalue weighted by Crippen LogP contribution is -2.68. The molecule has 2 bridgehead atoms. The zero-order valence-corrected chi connectivity index (χ0v) is 17.6. The van der Waals surface area contributed by atoms with Crippen molar-refractivity contribution in [2.24, 2.45) is 17.8 Å². The van der Waals surface area contributed by atoms with Gasteiger partial charge in [0.05, 0.1) is 7.11 Å². The molecule has 0 aromatic heterocycles. The van der Waals surface area contributed by atoms with Crippen LogP contribution in [0.2, 0.25) is 0 Å². The zero-order valence-electron chi connectivity index (χ0n) is 16.8. The van der Waals surface area contributed by atoms with Gasteiger partial charge in [0.2, 0.25) is 0 Å². The van der Waals surface area contributed by atoms with Crippen LogP contribution in [0.5, 0.6) is 11.5 Å². The van der Waals surface area contributed by atoms with Gasteiger partial charge in [0.15, 0.2) is 23.4 Å². The van der Waals surface area contributed by atoms with E-state index >= 15 is 0 Å². The van der Waals surface area contributed by atoms with Gasteiger partial charge in [0.1, 0.15) is 0 Å². The van der Waals surface area contributed by atoms with Crippen LogP contribution in [-0.4, -0.2) is 43.0 Å². The van der Waals surface area contributed by atoms with E-state index in [0.717, 1.165) is 43.2 Å². The maximum Gasteiger partial charge on any atom is 0.174 e. The number of Topliss-reactive ketones (excluding diaryl/α,β-unsaturated/α-hetero) is 1. The van der Waals surface area contributed by atoms with Gasteiger partial charge in [-0.1, -0.05) is 19.4 Å². The summed E-state index contributed by atoms with van der Waals surface area (Å²) < 4.78 is 12.1. The van der Waals surface area contributed by atoms with Crippen LogP contribution in [0.25, 0.3) is 0 Å². The molecular weight excluding hydrogens is 374 g/mol. The van der Waals surface area contributed by atoms with Crippen molar-refractivity contribution in [3.8, 4) is 11.5 Å². The highest BCUT2D eigenvalue weighted by atomic mass is 35.5. The van der Waals surface area contributed by atoms with Gasteiger partial charge in [-0.2, -0.15) is 0 Å². The average Bonchev–Trinajstić information content (AvgIpc) is 3.42. The smallest absolute Gasteiger partial charge is 0.174 e. The lowest BCUT2D eigenvalue weighted by molar-refractivity contribution is -0.145. The number of nitrogens with zero attached hydrogens (tertiary/aromatic N) is 1. The van der Waals surface area contributed by atoms with Crippen molar-refractivity contribution in [2.45, 2.75) is 63.0 Å². The molecule has 152 valence electrons. The summed E-state index contributed by atoms with van der Waals surface area (Å²) >= 11 is 0. The number of ether oxygens (including phenoxy) is 2. The molecule has 0 radical (unpaired) electrons. The second-order valence-corrected chi connectivity index (χ2v) is 9.49. The minimum Gasteiger partial charge on any atom is -0.493 e. The normalized spacial score (nSPS) is 37.7. The van der Waals surface area contributed by atoms with E-state index in [4.69, 9.17) is 9.47 Å². The SMILES string of the molecule is CCC1CC(=O)C2Oc3c(OC)ccc4c3[C@@]23CCN(CC2CC2)[C@H](C4)[C@H]13.Cl. The van der Waals surface area contributed by atoms with Crippen molar-refractivity contribution in [3.05, 3.63) is 23.3 Å². The van der Waals surface area contributed by atoms with Crippen LogP contribution in [0, 0.1) is 17.8 Å². The fourth-order valence-electron chi connectivity index (χ4n) is 7.06. The molecule has 0 amide bonds. The molecule has 2 unspecified atom stereocenters. The third kappa shape index (κ3) is 2.25. The van der Waals surface area contributed by atoms with E-state index in [1.54, 1.807) is 7.11 Å². The molecule has 1 aromatic carbocycles. The van der Waals surface area contributed by atoms with Gasteiger partial charge in [-0.15, -0.1) is 12.4 Å². The second kappa shape index (κ2) is 6.37. The predicted octanol–water partition coefficient (Wildman–Crippen LogP) is 3.77. The Morgan fingerprint density at radius 1 is 1.29 bits per heavy atom. The number of piperidine rings is 1. The third-order valence-corrected chi connectivity index (χ3v) is 8.29. The maximum atomic E-state index is 13.2. The summed E-state index contributed by atoms with van der Waals surface area (Å²) in [5.74, 6) is 3.93. The molecule has 1 saturated heterocycles. The van der Waals surface area contributed by atoms with E-state index in [1.165, 1.54) is 30.5 Å². The Labute approximate surface area is 173 Å². The number of hydrogen-bond donors (Lipinski definition) is 0. The van der Waals surface area contributed by atoms with E-state index in [-0.39, 0.29) is 23.9 Å². The molecule has 2 saturated carbocycles. The van der Waals surface area contributed by atoms with E-state index in [1.807, 2.05) is 6.07 Å². The van der Waals surface area contributed by atoms with E-state index in [2.05, 4.69) is 17.9 Å². The van der Waals surface area contributed by atoms with Crippen LogP contribution in [0.1, 0.15) is 50.2 Å². The molecule has 1 aromatic rings. The highest BCUT2D eigenvalue weighted by Gasteiger charge is 2.68. The Balaban J connectivity index is 0.00000171. The fraction of sp³-hybridized carbons (Fsp3) is 0.696. The van der Waals surface area contributed by atoms with Gasteiger partial charge >= 0.3 is 0 Å². The number of ketones is 1. The highest BCUT2D eigenvalue weighted by molar-refractivity contribution is 5.89. The summed E-state index contributed by atoms with van der Waals surface area (Å²) in [7, 11) is 1.71. The van der Waals surface area contributed by atoms with Crippen LogP contribution in [0.4, 0.5) is 0 Å². The quantitative estimate of drug-likeness (QED) is 0.767. The Hall–Kier alpha value is -1.26. The van der Waals surface area contributed by atoms with Crippen molar-refractivity contribution < 1.29 is 14.3 Å². The van der Waals surface area contributed by atoms with Crippen molar-refractivity contribution >= 4 is 18.2 Å². The Morgan fingerprint density at radius 3 is 2.82 bits per heavy atom. The van der Waals surface area contributed by atoms with Gasteiger partial charge < -0.3 is 9.47 Å². The molecule has 2 heterocycles. The Bertz CT molecular complexity index is 822. The minimum atomic E-state index is -0.291. The van der Waals surface area contributed by atoms with E-state index in [0.29, 0.717) is 30.1 Å². The highest BCUT2D eigenvalue weighted by Crippen LogP contribution is 2.64. The lowest BCUT2D eigenvalue weighted by Gasteiger charge is -2.60. The average molecular weight is 404 g/mol. The molecule has 6 rings (SSSR count). The van der Waals surface area contributed by atoms with Crippen molar-refractivity contribution in [1.82, 2.24) is 4.90 Å². The van der Waals surface area contributed by atoms with Crippen molar-refractivity contribution in [1.29, 1.82) is 0 Å². The molecular formula is C23H30ClNO3. The number of halogens is 1. The molecule has 5 atom stereocenters. The van der Waals surface area contributed by atoms with Gasteiger partial charge in [0, 0.05) is 30.0 Å². The molecule has 28 heavy (non-hydrogen) atoms. The molecule has 5 heteroatoms. The third-order valence-electron chi connectivity index (χ3n) is 8.29. The summed E-state index contributed by atoms with van der Waals surface area (Å²) in [5.41, 5.74) is 2.63. The first-order valence-electron chi connectivity index (χ1n) is 10.8. The maximum absolute atomic E-state index is 13.2. The van der Waals surface area contributed by atoms with Crippen LogP contribution in [-0.2, 0) is 16.6 Å². The number of carbonyl (C=O) groups excluding carboxylic acids is 1. The Morgan fingerprint density at radius 2 is 2.11 bits per heavy atom. The van der Waals surface area contributed by atoms with Crippen LogP contribution < -0.4 is 9.47 Å². The predicted molar refractivity (Wildman–Crippen MR) is 110 cm³/mol.